The Labute approximate surface area is 91.3 Å². The standard InChI is InChI=1S/C11H15NSSi/c1-13-11-7-10(8-12-9-11)5-6-14(2,3)4/h7-9H,1-4H3. The van der Waals surface area contributed by atoms with Crippen LogP contribution >= 0.6 is 11.8 Å². The molecule has 0 N–H and O–H groups in total. The van der Waals surface area contributed by atoms with E-state index in [-0.39, 0.29) is 0 Å². The third kappa shape index (κ3) is 3.99. The molecule has 0 unspecified atom stereocenters. The molecule has 0 aromatic carbocycles. The highest BCUT2D eigenvalue weighted by Crippen LogP contribution is 2.13. The number of rotatable bonds is 1. The first-order chi connectivity index (χ1) is 6.51. The molecule has 3 heteroatoms. The van der Waals surface area contributed by atoms with Crippen molar-refractivity contribution >= 4 is 19.8 Å². The van der Waals surface area contributed by atoms with Crippen LogP contribution in [0.5, 0.6) is 0 Å². The van der Waals surface area contributed by atoms with Crippen LogP contribution in [0.3, 0.4) is 0 Å². The number of nitrogens with zero attached hydrogens (tertiary/aromatic N) is 1. The van der Waals surface area contributed by atoms with Crippen molar-refractivity contribution in [1.29, 1.82) is 0 Å². The highest BCUT2D eigenvalue weighted by Gasteiger charge is 2.07. The van der Waals surface area contributed by atoms with E-state index in [9.17, 15) is 0 Å². The van der Waals surface area contributed by atoms with Crippen LogP contribution in [-0.2, 0) is 0 Å². The van der Waals surface area contributed by atoms with Crippen molar-refractivity contribution in [2.75, 3.05) is 6.26 Å². The third-order valence-electron chi connectivity index (χ3n) is 1.53. The van der Waals surface area contributed by atoms with Gasteiger partial charge in [0.25, 0.3) is 0 Å². The van der Waals surface area contributed by atoms with Crippen LogP contribution in [-0.4, -0.2) is 19.3 Å². The molecule has 1 aromatic rings. The zero-order chi connectivity index (χ0) is 10.6. The predicted octanol–water partition coefficient (Wildman–Crippen LogP) is 3.03. The monoisotopic (exact) mass is 221 g/mol. The predicted molar refractivity (Wildman–Crippen MR) is 66.2 cm³/mol. The number of hydrogen-bond donors (Lipinski definition) is 0. The van der Waals surface area contributed by atoms with Crippen molar-refractivity contribution < 1.29 is 0 Å². The topological polar surface area (TPSA) is 12.9 Å². The van der Waals surface area contributed by atoms with E-state index < -0.39 is 8.07 Å². The summed E-state index contributed by atoms with van der Waals surface area (Å²) in [5, 5.41) is 0. The van der Waals surface area contributed by atoms with Crippen molar-refractivity contribution in [2.45, 2.75) is 24.5 Å². The largest absolute Gasteiger partial charge is 0.262 e. The lowest BCUT2D eigenvalue weighted by molar-refractivity contribution is 1.23. The zero-order valence-corrected chi connectivity index (χ0v) is 10.9. The molecular weight excluding hydrogens is 206 g/mol. The van der Waals surface area contributed by atoms with E-state index >= 15 is 0 Å². The minimum absolute atomic E-state index is 1.03. The van der Waals surface area contributed by atoms with Crippen molar-refractivity contribution in [1.82, 2.24) is 4.98 Å². The molecule has 0 amide bonds. The third-order valence-corrected chi connectivity index (χ3v) is 3.10. The maximum absolute atomic E-state index is 4.15. The Kier molecular flexibility index (Phi) is 3.79. The molecule has 1 aromatic heterocycles. The van der Waals surface area contributed by atoms with Crippen LogP contribution in [0, 0.1) is 11.5 Å². The lowest BCUT2D eigenvalue weighted by Crippen LogP contribution is -2.16. The van der Waals surface area contributed by atoms with Crippen molar-refractivity contribution in [3.05, 3.63) is 24.0 Å². The summed E-state index contributed by atoms with van der Waals surface area (Å²) in [5.41, 5.74) is 4.36. The van der Waals surface area contributed by atoms with Gasteiger partial charge in [0.2, 0.25) is 0 Å². The quantitative estimate of drug-likeness (QED) is 0.411. The van der Waals surface area contributed by atoms with Gasteiger partial charge in [-0.25, -0.2) is 0 Å². The van der Waals surface area contributed by atoms with E-state index in [0.29, 0.717) is 0 Å². The number of pyridine rings is 1. The highest BCUT2D eigenvalue weighted by atomic mass is 32.2. The van der Waals surface area contributed by atoms with Gasteiger partial charge in [0, 0.05) is 22.9 Å². The van der Waals surface area contributed by atoms with Gasteiger partial charge >= 0.3 is 0 Å². The second-order valence-corrected chi connectivity index (χ2v) is 9.74. The molecule has 0 spiro atoms. The lowest BCUT2D eigenvalue weighted by atomic mass is 10.3. The van der Waals surface area contributed by atoms with Gasteiger partial charge in [-0.1, -0.05) is 25.6 Å². The van der Waals surface area contributed by atoms with Gasteiger partial charge in [-0.15, -0.1) is 17.3 Å². The molecule has 0 radical (unpaired) electrons. The highest BCUT2D eigenvalue weighted by molar-refractivity contribution is 7.98. The Hall–Kier alpha value is -0.723. The maximum Gasteiger partial charge on any atom is 0.129 e. The molecule has 1 nitrogen and oxygen atoms in total. The van der Waals surface area contributed by atoms with Gasteiger partial charge in [0.1, 0.15) is 8.07 Å². The molecule has 0 aliphatic rings. The summed E-state index contributed by atoms with van der Waals surface area (Å²) < 4.78 is 0. The molecule has 0 aliphatic heterocycles. The smallest absolute Gasteiger partial charge is 0.129 e. The molecule has 0 saturated carbocycles. The molecule has 0 saturated heterocycles. The van der Waals surface area contributed by atoms with Gasteiger partial charge in [0.05, 0.1) is 0 Å². The molecule has 0 bridgehead atoms. The van der Waals surface area contributed by atoms with E-state index in [0.717, 1.165) is 5.56 Å². The van der Waals surface area contributed by atoms with Gasteiger partial charge in [-0.05, 0) is 12.3 Å². The average molecular weight is 221 g/mol. The summed E-state index contributed by atoms with van der Waals surface area (Å²) >= 11 is 1.70. The van der Waals surface area contributed by atoms with E-state index in [1.54, 1.807) is 11.8 Å². The Morgan fingerprint density at radius 3 is 2.57 bits per heavy atom. The summed E-state index contributed by atoms with van der Waals surface area (Å²) in [6, 6.07) is 2.09. The molecule has 74 valence electrons. The van der Waals surface area contributed by atoms with Crippen LogP contribution in [0.4, 0.5) is 0 Å². The second-order valence-electron chi connectivity index (χ2n) is 4.11. The van der Waals surface area contributed by atoms with Gasteiger partial charge in [-0.3, -0.25) is 4.98 Å². The first-order valence-corrected chi connectivity index (χ1v) is 9.26. The number of hydrogen-bond acceptors (Lipinski definition) is 2. The van der Waals surface area contributed by atoms with E-state index in [4.69, 9.17) is 0 Å². The van der Waals surface area contributed by atoms with Crippen LogP contribution < -0.4 is 0 Å². The minimum atomic E-state index is -1.26. The maximum atomic E-state index is 4.15. The minimum Gasteiger partial charge on any atom is -0.262 e. The van der Waals surface area contributed by atoms with Crippen LogP contribution in [0.2, 0.25) is 19.6 Å². The lowest BCUT2D eigenvalue weighted by Gasteiger charge is -2.03. The van der Waals surface area contributed by atoms with Crippen molar-refractivity contribution in [3.8, 4) is 11.5 Å². The van der Waals surface area contributed by atoms with Crippen LogP contribution in [0.1, 0.15) is 5.56 Å². The fraction of sp³-hybridized carbons (Fsp3) is 0.364. The fourth-order valence-corrected chi connectivity index (χ4v) is 1.79. The molecule has 0 fully saturated rings. The molecule has 1 rings (SSSR count). The SMILES string of the molecule is CSc1cncc(C#C[Si](C)(C)C)c1. The van der Waals surface area contributed by atoms with Crippen molar-refractivity contribution in [3.63, 3.8) is 0 Å². The average Bonchev–Trinajstić information content (AvgIpc) is 2.14. The second kappa shape index (κ2) is 4.67. The Morgan fingerprint density at radius 1 is 1.29 bits per heavy atom. The van der Waals surface area contributed by atoms with Crippen LogP contribution in [0.25, 0.3) is 0 Å². The molecule has 0 atom stereocenters. The van der Waals surface area contributed by atoms with E-state index in [1.807, 2.05) is 18.6 Å². The first-order valence-electron chi connectivity index (χ1n) is 4.53. The van der Waals surface area contributed by atoms with E-state index in [2.05, 4.69) is 42.2 Å². The van der Waals surface area contributed by atoms with E-state index in [1.165, 1.54) is 4.90 Å². The summed E-state index contributed by atoms with van der Waals surface area (Å²) in [7, 11) is -1.26. The fourth-order valence-electron chi connectivity index (χ4n) is 0.858. The molecule has 1 heterocycles. The zero-order valence-electron chi connectivity index (χ0n) is 9.09. The van der Waals surface area contributed by atoms with Gasteiger partial charge in [-0.2, -0.15) is 0 Å². The first kappa shape index (κ1) is 11.4. The molecule has 0 aliphatic carbocycles. The normalized spacial score (nSPS) is 10.6. The summed E-state index contributed by atoms with van der Waals surface area (Å²) in [4.78, 5) is 5.32. The van der Waals surface area contributed by atoms with Gasteiger partial charge in [0.15, 0.2) is 0 Å². The Balaban J connectivity index is 2.90. The molecular formula is C11H15NSSi. The van der Waals surface area contributed by atoms with Gasteiger partial charge < -0.3 is 0 Å². The summed E-state index contributed by atoms with van der Waals surface area (Å²) in [6.07, 6.45) is 5.74. The van der Waals surface area contributed by atoms with Crippen LogP contribution in [0.15, 0.2) is 23.4 Å². The Morgan fingerprint density at radius 2 is 2.00 bits per heavy atom. The molecule has 14 heavy (non-hydrogen) atoms. The Bertz CT molecular complexity index is 371. The summed E-state index contributed by atoms with van der Waals surface area (Å²) in [5.74, 6) is 3.20. The van der Waals surface area contributed by atoms with Crippen molar-refractivity contribution in [2.24, 2.45) is 0 Å². The number of aromatic nitrogens is 1. The number of thioether (sulfide) groups is 1. The summed E-state index contributed by atoms with van der Waals surface area (Å²) in [6.45, 7) is 6.73.